The minimum Gasteiger partial charge on any atom is -0.467 e. The van der Waals surface area contributed by atoms with E-state index < -0.39 is 0 Å². The van der Waals surface area contributed by atoms with Crippen LogP contribution in [0, 0.1) is 13.8 Å². The molecule has 0 aromatic carbocycles. The lowest BCUT2D eigenvalue weighted by atomic mass is 9.97. The van der Waals surface area contributed by atoms with Crippen molar-refractivity contribution < 1.29 is 13.6 Å². The Morgan fingerprint density at radius 1 is 1.39 bits per heavy atom. The van der Waals surface area contributed by atoms with E-state index in [9.17, 15) is 4.79 Å². The number of aryl methyl sites for hydroxylation is 3. The molecule has 6 heteroatoms. The third-order valence-corrected chi connectivity index (χ3v) is 5.08. The Morgan fingerprint density at radius 3 is 3.04 bits per heavy atom. The summed E-state index contributed by atoms with van der Waals surface area (Å²) in [6.45, 7) is 4.28. The molecule has 1 N–H and O–H groups in total. The van der Waals surface area contributed by atoms with Gasteiger partial charge in [0.05, 0.1) is 23.5 Å². The van der Waals surface area contributed by atoms with Gasteiger partial charge in [-0.1, -0.05) is 0 Å². The molecule has 5 nitrogen and oxygen atoms in total. The van der Waals surface area contributed by atoms with E-state index in [1.807, 2.05) is 19.9 Å². The molecule has 0 saturated carbocycles. The third kappa shape index (κ3) is 2.39. The average molecular weight is 328 g/mol. The molecule has 23 heavy (non-hydrogen) atoms. The molecule has 0 fully saturated rings. The van der Waals surface area contributed by atoms with Crippen LogP contribution in [0.15, 0.2) is 27.2 Å². The highest BCUT2D eigenvalue weighted by molar-refractivity contribution is 7.12. The summed E-state index contributed by atoms with van der Waals surface area (Å²) >= 11 is 1.72. The summed E-state index contributed by atoms with van der Waals surface area (Å²) in [7, 11) is 0. The molecule has 0 saturated heterocycles. The Morgan fingerprint density at radius 2 is 2.26 bits per heavy atom. The number of fused-ring (bicyclic) bond motifs is 3. The quantitative estimate of drug-likeness (QED) is 0.797. The van der Waals surface area contributed by atoms with Crippen LogP contribution in [0.25, 0.3) is 11.3 Å². The van der Waals surface area contributed by atoms with Gasteiger partial charge in [0, 0.05) is 22.4 Å². The summed E-state index contributed by atoms with van der Waals surface area (Å²) in [4.78, 5) is 18.3. The molecular weight excluding hydrogens is 312 g/mol. The van der Waals surface area contributed by atoms with Crippen molar-refractivity contribution in [2.75, 3.05) is 0 Å². The number of thiazole rings is 1. The van der Waals surface area contributed by atoms with Crippen LogP contribution in [0.2, 0.25) is 0 Å². The summed E-state index contributed by atoms with van der Waals surface area (Å²) in [5, 5.41) is 3.88. The molecule has 3 heterocycles. The summed E-state index contributed by atoms with van der Waals surface area (Å²) in [6, 6.07) is 3.62. The van der Waals surface area contributed by atoms with E-state index in [2.05, 4.69) is 10.3 Å². The molecule has 3 aromatic heterocycles. The predicted molar refractivity (Wildman–Crippen MR) is 86.6 cm³/mol. The van der Waals surface area contributed by atoms with E-state index in [4.69, 9.17) is 8.83 Å². The average Bonchev–Trinajstić information content (AvgIpc) is 3.23. The van der Waals surface area contributed by atoms with E-state index >= 15 is 0 Å². The van der Waals surface area contributed by atoms with Gasteiger partial charge < -0.3 is 14.2 Å². The molecule has 3 aromatic rings. The second-order valence-electron chi connectivity index (χ2n) is 5.62. The number of nitrogens with zero attached hydrogens (tertiary/aromatic N) is 1. The molecule has 1 aliphatic rings. The number of amides is 1. The number of nitrogens with one attached hydrogen (secondary N) is 1. The topological polar surface area (TPSA) is 68.3 Å². The van der Waals surface area contributed by atoms with Crippen LogP contribution < -0.4 is 5.32 Å². The number of hydrogen-bond donors (Lipinski definition) is 1. The van der Waals surface area contributed by atoms with Gasteiger partial charge in [-0.2, -0.15) is 0 Å². The number of hydrogen-bond acceptors (Lipinski definition) is 5. The van der Waals surface area contributed by atoms with Crippen LogP contribution in [-0.4, -0.2) is 10.9 Å². The second kappa shape index (κ2) is 5.38. The first kappa shape index (κ1) is 14.3. The summed E-state index contributed by atoms with van der Waals surface area (Å²) in [5.74, 6) is 1.73. The monoisotopic (exact) mass is 328 g/mol. The van der Waals surface area contributed by atoms with E-state index in [1.165, 1.54) is 4.88 Å². The fourth-order valence-electron chi connectivity index (χ4n) is 3.00. The van der Waals surface area contributed by atoms with Crippen molar-refractivity contribution in [3.8, 4) is 11.3 Å². The van der Waals surface area contributed by atoms with E-state index in [0.29, 0.717) is 18.1 Å². The molecular formula is C17H16N2O3S. The zero-order valence-electron chi connectivity index (χ0n) is 12.9. The van der Waals surface area contributed by atoms with E-state index in [0.717, 1.165) is 40.4 Å². The summed E-state index contributed by atoms with van der Waals surface area (Å²) in [5.41, 5.74) is 2.85. The van der Waals surface area contributed by atoms with Crippen molar-refractivity contribution in [2.24, 2.45) is 0 Å². The van der Waals surface area contributed by atoms with Gasteiger partial charge in [-0.3, -0.25) is 4.79 Å². The SMILES string of the molecule is Cc1nc2c(s1)CCc1oc(C(=O)NCc3ccco3)c(C)c1-2. The van der Waals surface area contributed by atoms with Crippen LogP contribution in [0.5, 0.6) is 0 Å². The maximum absolute atomic E-state index is 12.4. The first-order valence-electron chi connectivity index (χ1n) is 7.53. The molecule has 0 radical (unpaired) electrons. The van der Waals surface area contributed by atoms with Crippen molar-refractivity contribution in [3.63, 3.8) is 0 Å². The lowest BCUT2D eigenvalue weighted by Crippen LogP contribution is -2.22. The normalized spacial score (nSPS) is 12.8. The maximum Gasteiger partial charge on any atom is 0.287 e. The number of furan rings is 2. The Hall–Kier alpha value is -2.34. The Bertz CT molecular complexity index is 874. The molecule has 0 bridgehead atoms. The molecule has 0 spiro atoms. The van der Waals surface area contributed by atoms with Crippen molar-refractivity contribution in [1.82, 2.24) is 10.3 Å². The number of carbonyl (C=O) groups is 1. The molecule has 1 amide bonds. The third-order valence-electron chi connectivity index (χ3n) is 4.05. The fourth-order valence-corrected chi connectivity index (χ4v) is 3.94. The van der Waals surface area contributed by atoms with Crippen LogP contribution in [0.4, 0.5) is 0 Å². The van der Waals surface area contributed by atoms with Crippen molar-refractivity contribution >= 4 is 17.2 Å². The highest BCUT2D eigenvalue weighted by atomic mass is 32.1. The predicted octanol–water partition coefficient (Wildman–Crippen LogP) is 3.64. The summed E-state index contributed by atoms with van der Waals surface area (Å²) < 4.78 is 11.1. The largest absolute Gasteiger partial charge is 0.467 e. The minimum atomic E-state index is -0.221. The van der Waals surface area contributed by atoms with Gasteiger partial charge in [-0.05, 0) is 32.4 Å². The van der Waals surface area contributed by atoms with Crippen LogP contribution in [-0.2, 0) is 19.4 Å². The van der Waals surface area contributed by atoms with Gasteiger partial charge in [-0.15, -0.1) is 11.3 Å². The number of aromatic nitrogens is 1. The van der Waals surface area contributed by atoms with Gasteiger partial charge in [0.25, 0.3) is 5.91 Å². The molecule has 0 atom stereocenters. The molecule has 0 aliphatic heterocycles. The van der Waals surface area contributed by atoms with Gasteiger partial charge in [0.1, 0.15) is 11.5 Å². The summed E-state index contributed by atoms with van der Waals surface area (Å²) in [6.07, 6.45) is 3.33. The number of carbonyl (C=O) groups excluding carboxylic acids is 1. The standard InChI is InChI=1S/C17H16N2O3S/c1-9-14-12(5-6-13-15(14)19-10(2)23-13)22-16(9)17(20)18-8-11-4-3-7-21-11/h3-4,7H,5-6,8H2,1-2H3,(H,18,20). The Labute approximate surface area is 137 Å². The molecule has 4 rings (SSSR count). The van der Waals surface area contributed by atoms with Crippen LogP contribution in [0.3, 0.4) is 0 Å². The highest BCUT2D eigenvalue weighted by Crippen LogP contribution is 2.40. The first-order chi connectivity index (χ1) is 11.1. The molecule has 118 valence electrons. The smallest absolute Gasteiger partial charge is 0.287 e. The number of rotatable bonds is 3. The van der Waals surface area contributed by atoms with E-state index in [1.54, 1.807) is 23.7 Å². The lowest BCUT2D eigenvalue weighted by molar-refractivity contribution is 0.0917. The van der Waals surface area contributed by atoms with Crippen molar-refractivity contribution in [1.29, 1.82) is 0 Å². The lowest BCUT2D eigenvalue weighted by Gasteiger charge is -2.09. The zero-order chi connectivity index (χ0) is 16.0. The van der Waals surface area contributed by atoms with Crippen molar-refractivity contribution in [2.45, 2.75) is 33.2 Å². The Kier molecular flexibility index (Phi) is 3.34. The van der Waals surface area contributed by atoms with E-state index in [-0.39, 0.29) is 5.91 Å². The minimum absolute atomic E-state index is 0.221. The van der Waals surface area contributed by atoms with Gasteiger partial charge in [-0.25, -0.2) is 4.98 Å². The Balaban J connectivity index is 1.64. The van der Waals surface area contributed by atoms with Crippen molar-refractivity contribution in [3.05, 3.63) is 51.1 Å². The zero-order valence-corrected chi connectivity index (χ0v) is 13.8. The fraction of sp³-hybridized carbons (Fsp3) is 0.294. The molecule has 0 unspecified atom stereocenters. The van der Waals surface area contributed by atoms with Crippen LogP contribution in [0.1, 0.15) is 37.5 Å². The van der Waals surface area contributed by atoms with Gasteiger partial charge in [0.15, 0.2) is 5.76 Å². The first-order valence-corrected chi connectivity index (χ1v) is 8.34. The van der Waals surface area contributed by atoms with Gasteiger partial charge >= 0.3 is 0 Å². The second-order valence-corrected chi connectivity index (χ2v) is 6.91. The molecule has 1 aliphatic carbocycles. The van der Waals surface area contributed by atoms with Crippen LogP contribution >= 0.6 is 11.3 Å². The van der Waals surface area contributed by atoms with Gasteiger partial charge in [0.2, 0.25) is 0 Å². The maximum atomic E-state index is 12.4. The highest BCUT2D eigenvalue weighted by Gasteiger charge is 2.29.